The lowest BCUT2D eigenvalue weighted by molar-refractivity contribution is 0.171. The predicted molar refractivity (Wildman–Crippen MR) is 79.3 cm³/mol. The molecule has 2 aliphatic heterocycles. The standard InChI is InChI=1S/C16H13ClO5/c17-12-5-10(6-15-16(12)19-4-3-18-15)8-20-11-1-2-13-14(7-11)22-9-21-13/h1-2,5-7H,3-4,8-9H2. The van der Waals surface area contributed by atoms with Gasteiger partial charge in [0.25, 0.3) is 0 Å². The van der Waals surface area contributed by atoms with Crippen molar-refractivity contribution in [2.24, 2.45) is 0 Å². The summed E-state index contributed by atoms with van der Waals surface area (Å²) in [5.41, 5.74) is 0.909. The molecule has 0 aromatic heterocycles. The van der Waals surface area contributed by atoms with E-state index in [1.807, 2.05) is 30.3 Å². The quantitative estimate of drug-likeness (QED) is 0.867. The van der Waals surface area contributed by atoms with Gasteiger partial charge in [-0.3, -0.25) is 0 Å². The van der Waals surface area contributed by atoms with Crippen LogP contribution in [0.25, 0.3) is 0 Å². The first-order chi connectivity index (χ1) is 10.8. The van der Waals surface area contributed by atoms with Gasteiger partial charge in [0, 0.05) is 6.07 Å². The highest BCUT2D eigenvalue weighted by molar-refractivity contribution is 6.32. The molecule has 2 heterocycles. The topological polar surface area (TPSA) is 46.2 Å². The van der Waals surface area contributed by atoms with Crippen molar-refractivity contribution in [2.45, 2.75) is 6.61 Å². The van der Waals surface area contributed by atoms with Crippen LogP contribution in [0.2, 0.25) is 5.02 Å². The fraction of sp³-hybridized carbons (Fsp3) is 0.250. The van der Waals surface area contributed by atoms with Crippen molar-refractivity contribution in [3.63, 3.8) is 0 Å². The average molecular weight is 321 g/mol. The molecule has 2 aromatic rings. The Kier molecular flexibility index (Phi) is 3.35. The average Bonchev–Trinajstić information content (AvgIpc) is 3.00. The molecule has 5 nitrogen and oxygen atoms in total. The summed E-state index contributed by atoms with van der Waals surface area (Å²) in [5, 5.41) is 0.529. The second-order valence-electron chi connectivity index (χ2n) is 4.91. The Hall–Kier alpha value is -2.27. The second-order valence-corrected chi connectivity index (χ2v) is 5.31. The van der Waals surface area contributed by atoms with Gasteiger partial charge in [-0.05, 0) is 29.8 Å². The molecule has 0 aliphatic carbocycles. The van der Waals surface area contributed by atoms with Crippen LogP contribution in [0.1, 0.15) is 5.56 Å². The molecule has 0 atom stereocenters. The lowest BCUT2D eigenvalue weighted by Crippen LogP contribution is -2.16. The van der Waals surface area contributed by atoms with E-state index in [0.29, 0.717) is 47.8 Å². The van der Waals surface area contributed by atoms with E-state index in [4.69, 9.17) is 35.3 Å². The Morgan fingerprint density at radius 1 is 0.909 bits per heavy atom. The minimum atomic E-state index is 0.247. The molecule has 0 N–H and O–H groups in total. The van der Waals surface area contributed by atoms with E-state index in [0.717, 1.165) is 11.3 Å². The molecule has 6 heteroatoms. The van der Waals surface area contributed by atoms with Gasteiger partial charge in [-0.1, -0.05) is 11.6 Å². The summed E-state index contributed by atoms with van der Waals surface area (Å²) in [5.74, 6) is 3.38. The van der Waals surface area contributed by atoms with E-state index in [1.165, 1.54) is 0 Å². The summed E-state index contributed by atoms with van der Waals surface area (Å²) in [6, 6.07) is 9.18. The number of hydrogen-bond donors (Lipinski definition) is 0. The van der Waals surface area contributed by atoms with Gasteiger partial charge in [0.1, 0.15) is 25.6 Å². The van der Waals surface area contributed by atoms with Crippen LogP contribution in [0.4, 0.5) is 0 Å². The molecule has 2 aromatic carbocycles. The number of halogens is 1. The summed E-state index contributed by atoms with van der Waals surface area (Å²) >= 11 is 6.21. The van der Waals surface area contributed by atoms with Crippen molar-refractivity contribution in [3.05, 3.63) is 40.9 Å². The van der Waals surface area contributed by atoms with Crippen LogP contribution < -0.4 is 23.7 Å². The van der Waals surface area contributed by atoms with Crippen LogP contribution in [0, 0.1) is 0 Å². The minimum absolute atomic E-state index is 0.247. The van der Waals surface area contributed by atoms with Gasteiger partial charge < -0.3 is 23.7 Å². The third-order valence-corrected chi connectivity index (χ3v) is 3.69. The van der Waals surface area contributed by atoms with Crippen molar-refractivity contribution < 1.29 is 23.7 Å². The highest BCUT2D eigenvalue weighted by Gasteiger charge is 2.17. The van der Waals surface area contributed by atoms with Crippen LogP contribution in [-0.2, 0) is 6.61 Å². The number of ether oxygens (including phenoxy) is 5. The molecule has 0 fully saturated rings. The first kappa shape index (κ1) is 13.4. The molecular formula is C16H13ClO5. The molecule has 0 saturated carbocycles. The van der Waals surface area contributed by atoms with Crippen LogP contribution in [0.5, 0.6) is 28.7 Å². The second kappa shape index (κ2) is 5.50. The van der Waals surface area contributed by atoms with Crippen molar-refractivity contribution in [1.82, 2.24) is 0 Å². The van der Waals surface area contributed by atoms with Crippen molar-refractivity contribution in [2.75, 3.05) is 20.0 Å². The number of hydrogen-bond acceptors (Lipinski definition) is 5. The van der Waals surface area contributed by atoms with E-state index >= 15 is 0 Å². The monoisotopic (exact) mass is 320 g/mol. The minimum Gasteiger partial charge on any atom is -0.489 e. The Morgan fingerprint density at radius 3 is 2.73 bits per heavy atom. The number of fused-ring (bicyclic) bond motifs is 2. The fourth-order valence-corrected chi connectivity index (χ4v) is 2.67. The van der Waals surface area contributed by atoms with E-state index in [9.17, 15) is 0 Å². The molecule has 0 saturated heterocycles. The van der Waals surface area contributed by atoms with E-state index in [-0.39, 0.29) is 6.79 Å². The van der Waals surface area contributed by atoms with Crippen molar-refractivity contribution in [3.8, 4) is 28.7 Å². The SMILES string of the molecule is Clc1cc(COc2ccc3c(c2)OCO3)cc2c1OCCO2. The molecule has 0 radical (unpaired) electrons. The van der Waals surface area contributed by atoms with Crippen LogP contribution in [-0.4, -0.2) is 20.0 Å². The Labute approximate surface area is 132 Å². The van der Waals surface area contributed by atoms with E-state index in [2.05, 4.69) is 0 Å². The maximum atomic E-state index is 6.21. The van der Waals surface area contributed by atoms with Crippen LogP contribution >= 0.6 is 11.6 Å². The summed E-state index contributed by atoms with van der Waals surface area (Å²) < 4.78 is 27.4. The van der Waals surface area contributed by atoms with Crippen LogP contribution in [0.3, 0.4) is 0 Å². The third kappa shape index (κ3) is 2.48. The zero-order valence-corrected chi connectivity index (χ0v) is 12.4. The number of benzene rings is 2. The maximum absolute atomic E-state index is 6.21. The molecule has 0 spiro atoms. The highest BCUT2D eigenvalue weighted by atomic mass is 35.5. The number of rotatable bonds is 3. The normalized spacial score (nSPS) is 14.8. The van der Waals surface area contributed by atoms with Crippen molar-refractivity contribution in [1.29, 1.82) is 0 Å². The Balaban J connectivity index is 1.51. The highest BCUT2D eigenvalue weighted by Crippen LogP contribution is 2.39. The van der Waals surface area contributed by atoms with Gasteiger partial charge in [0.05, 0.1) is 5.02 Å². The smallest absolute Gasteiger partial charge is 0.231 e. The molecule has 0 unspecified atom stereocenters. The summed E-state index contributed by atoms with van der Waals surface area (Å²) in [7, 11) is 0. The zero-order valence-electron chi connectivity index (χ0n) is 11.6. The maximum Gasteiger partial charge on any atom is 0.231 e. The fourth-order valence-electron chi connectivity index (χ4n) is 2.38. The largest absolute Gasteiger partial charge is 0.489 e. The molecule has 4 rings (SSSR count). The summed E-state index contributed by atoms with van der Waals surface area (Å²) in [4.78, 5) is 0. The van der Waals surface area contributed by atoms with Gasteiger partial charge >= 0.3 is 0 Å². The zero-order chi connectivity index (χ0) is 14.9. The van der Waals surface area contributed by atoms with E-state index in [1.54, 1.807) is 0 Å². The lowest BCUT2D eigenvalue weighted by atomic mass is 10.2. The Bertz CT molecular complexity index is 716. The van der Waals surface area contributed by atoms with Crippen LogP contribution in [0.15, 0.2) is 30.3 Å². The molecule has 0 amide bonds. The van der Waals surface area contributed by atoms with Gasteiger partial charge in [-0.25, -0.2) is 0 Å². The third-order valence-electron chi connectivity index (χ3n) is 3.41. The summed E-state index contributed by atoms with van der Waals surface area (Å²) in [6.45, 7) is 1.65. The molecule has 2 aliphatic rings. The van der Waals surface area contributed by atoms with Gasteiger partial charge in [-0.15, -0.1) is 0 Å². The molecule has 22 heavy (non-hydrogen) atoms. The van der Waals surface area contributed by atoms with Crippen molar-refractivity contribution >= 4 is 11.6 Å². The predicted octanol–water partition coefficient (Wildman–Crippen LogP) is 3.42. The van der Waals surface area contributed by atoms with Gasteiger partial charge in [-0.2, -0.15) is 0 Å². The molecule has 0 bridgehead atoms. The van der Waals surface area contributed by atoms with Gasteiger partial charge in [0.15, 0.2) is 23.0 Å². The lowest BCUT2D eigenvalue weighted by Gasteiger charge is -2.20. The summed E-state index contributed by atoms with van der Waals surface area (Å²) in [6.07, 6.45) is 0. The Morgan fingerprint density at radius 2 is 1.77 bits per heavy atom. The van der Waals surface area contributed by atoms with Gasteiger partial charge in [0.2, 0.25) is 6.79 Å². The molecule has 114 valence electrons. The first-order valence-electron chi connectivity index (χ1n) is 6.90. The first-order valence-corrected chi connectivity index (χ1v) is 7.28. The molecular weight excluding hydrogens is 308 g/mol. The van der Waals surface area contributed by atoms with E-state index < -0.39 is 0 Å².